The molecule has 0 aromatic heterocycles. The third kappa shape index (κ3) is 4.22. The Hall–Kier alpha value is -3.06. The molecule has 0 fully saturated rings. The van der Waals surface area contributed by atoms with Crippen molar-refractivity contribution in [3.8, 4) is 11.8 Å². The predicted molar refractivity (Wildman–Crippen MR) is 86.3 cm³/mol. The van der Waals surface area contributed by atoms with Gasteiger partial charge in [-0.2, -0.15) is 5.26 Å². The molecule has 0 aliphatic rings. The highest BCUT2D eigenvalue weighted by molar-refractivity contribution is 6.09. The molecule has 4 nitrogen and oxygen atoms in total. The van der Waals surface area contributed by atoms with Crippen molar-refractivity contribution in [3.63, 3.8) is 0 Å². The van der Waals surface area contributed by atoms with Crippen LogP contribution in [0, 0.1) is 11.3 Å². The van der Waals surface area contributed by atoms with E-state index in [1.807, 2.05) is 31.2 Å². The molecule has 2 aromatic carbocycles. The highest BCUT2D eigenvalue weighted by atomic mass is 16.5. The Morgan fingerprint density at radius 2 is 1.86 bits per heavy atom. The van der Waals surface area contributed by atoms with Gasteiger partial charge in [0.1, 0.15) is 17.4 Å². The summed E-state index contributed by atoms with van der Waals surface area (Å²) in [6.45, 7) is 2.51. The zero-order valence-electron chi connectivity index (χ0n) is 12.2. The number of nitrogens with zero attached hydrogens (tertiary/aromatic N) is 1. The molecular weight excluding hydrogens is 276 g/mol. The normalized spacial score (nSPS) is 10.6. The predicted octanol–water partition coefficient (Wildman–Crippen LogP) is 3.63. The van der Waals surface area contributed by atoms with Crippen LogP contribution in [-0.2, 0) is 4.79 Å². The molecule has 0 aliphatic heterocycles. The fraction of sp³-hybridized carbons (Fsp3) is 0.111. The number of hydrogen-bond donors (Lipinski definition) is 1. The van der Waals surface area contributed by atoms with E-state index in [1.54, 1.807) is 42.5 Å². The molecule has 0 saturated carbocycles. The first-order chi connectivity index (χ1) is 10.7. The Morgan fingerprint density at radius 1 is 1.18 bits per heavy atom. The lowest BCUT2D eigenvalue weighted by Crippen LogP contribution is -2.13. The Morgan fingerprint density at radius 3 is 2.45 bits per heavy atom. The molecule has 0 atom stereocenters. The summed E-state index contributed by atoms with van der Waals surface area (Å²) in [6, 6.07) is 18.2. The molecule has 0 spiro atoms. The van der Waals surface area contributed by atoms with E-state index in [1.165, 1.54) is 0 Å². The summed E-state index contributed by atoms with van der Waals surface area (Å²) in [5, 5.41) is 11.9. The van der Waals surface area contributed by atoms with Crippen LogP contribution in [0.5, 0.6) is 5.75 Å². The Labute approximate surface area is 129 Å². The minimum absolute atomic E-state index is 0.0491. The fourth-order valence-corrected chi connectivity index (χ4v) is 1.86. The molecule has 0 radical (unpaired) electrons. The third-order valence-corrected chi connectivity index (χ3v) is 2.90. The van der Waals surface area contributed by atoms with Crippen LogP contribution >= 0.6 is 0 Å². The van der Waals surface area contributed by atoms with Gasteiger partial charge in [-0.25, -0.2) is 0 Å². The van der Waals surface area contributed by atoms with Crippen LogP contribution in [0.4, 0.5) is 5.69 Å². The number of hydrogen-bond acceptors (Lipinski definition) is 3. The molecule has 110 valence electrons. The van der Waals surface area contributed by atoms with E-state index in [9.17, 15) is 10.1 Å². The van der Waals surface area contributed by atoms with Crippen molar-refractivity contribution >= 4 is 17.7 Å². The minimum Gasteiger partial charge on any atom is -0.494 e. The van der Waals surface area contributed by atoms with Crippen molar-refractivity contribution in [3.05, 3.63) is 65.7 Å². The number of nitriles is 1. The quantitative estimate of drug-likeness (QED) is 0.676. The van der Waals surface area contributed by atoms with E-state index < -0.39 is 5.91 Å². The maximum Gasteiger partial charge on any atom is 0.266 e. The number of ether oxygens (including phenoxy) is 1. The standard InChI is InChI=1S/C18H16N2O2/c1-2-22-17-10-8-14(9-11-17)12-15(13-19)18(21)20-16-6-4-3-5-7-16/h3-12H,2H2,1H3,(H,20,21)/b15-12+. The molecule has 2 aromatic rings. The highest BCUT2D eigenvalue weighted by Gasteiger charge is 2.09. The summed E-state index contributed by atoms with van der Waals surface area (Å²) >= 11 is 0. The van der Waals surface area contributed by atoms with Gasteiger partial charge >= 0.3 is 0 Å². The van der Waals surface area contributed by atoms with Crippen LogP contribution in [0.15, 0.2) is 60.2 Å². The van der Waals surface area contributed by atoms with Crippen molar-refractivity contribution in [1.29, 1.82) is 5.26 Å². The largest absolute Gasteiger partial charge is 0.494 e. The number of carbonyl (C=O) groups is 1. The smallest absolute Gasteiger partial charge is 0.266 e. The lowest BCUT2D eigenvalue weighted by atomic mass is 10.1. The topological polar surface area (TPSA) is 62.1 Å². The third-order valence-electron chi connectivity index (χ3n) is 2.90. The van der Waals surface area contributed by atoms with Crippen LogP contribution in [0.2, 0.25) is 0 Å². The first kappa shape index (κ1) is 15.3. The summed E-state index contributed by atoms with van der Waals surface area (Å²) in [5.74, 6) is 0.328. The van der Waals surface area contributed by atoms with Crippen LogP contribution in [0.25, 0.3) is 6.08 Å². The lowest BCUT2D eigenvalue weighted by molar-refractivity contribution is -0.112. The minimum atomic E-state index is -0.428. The number of anilines is 1. The highest BCUT2D eigenvalue weighted by Crippen LogP contribution is 2.15. The van der Waals surface area contributed by atoms with Crippen molar-refractivity contribution in [2.75, 3.05) is 11.9 Å². The molecular formula is C18H16N2O2. The van der Waals surface area contributed by atoms with Gasteiger partial charge in [-0.05, 0) is 42.8 Å². The van der Waals surface area contributed by atoms with Crippen molar-refractivity contribution in [2.24, 2.45) is 0 Å². The molecule has 4 heteroatoms. The summed E-state index contributed by atoms with van der Waals surface area (Å²) in [7, 11) is 0. The van der Waals surface area contributed by atoms with Gasteiger partial charge < -0.3 is 10.1 Å². The van der Waals surface area contributed by atoms with Crippen molar-refractivity contribution < 1.29 is 9.53 Å². The summed E-state index contributed by atoms with van der Waals surface area (Å²) in [4.78, 5) is 12.1. The number of para-hydroxylation sites is 1. The van der Waals surface area contributed by atoms with E-state index >= 15 is 0 Å². The zero-order chi connectivity index (χ0) is 15.8. The van der Waals surface area contributed by atoms with E-state index in [0.29, 0.717) is 12.3 Å². The molecule has 0 unspecified atom stereocenters. The Kier molecular flexibility index (Phi) is 5.33. The first-order valence-corrected chi connectivity index (χ1v) is 6.94. The number of amides is 1. The second kappa shape index (κ2) is 7.65. The van der Waals surface area contributed by atoms with Gasteiger partial charge in [-0.15, -0.1) is 0 Å². The van der Waals surface area contributed by atoms with Gasteiger partial charge in [-0.1, -0.05) is 30.3 Å². The average molecular weight is 292 g/mol. The number of carbonyl (C=O) groups excluding carboxylic acids is 1. The number of rotatable bonds is 5. The SMILES string of the molecule is CCOc1ccc(/C=C(\C#N)C(=O)Nc2ccccc2)cc1. The van der Waals surface area contributed by atoms with Gasteiger partial charge in [-0.3, -0.25) is 4.79 Å². The number of benzene rings is 2. The van der Waals surface area contributed by atoms with E-state index in [0.717, 1.165) is 11.3 Å². The second-order valence-electron chi connectivity index (χ2n) is 4.49. The monoisotopic (exact) mass is 292 g/mol. The van der Waals surface area contributed by atoms with Crippen LogP contribution in [-0.4, -0.2) is 12.5 Å². The van der Waals surface area contributed by atoms with Gasteiger partial charge in [0, 0.05) is 5.69 Å². The van der Waals surface area contributed by atoms with Crippen molar-refractivity contribution in [1.82, 2.24) is 0 Å². The Bertz CT molecular complexity index is 698. The second-order valence-corrected chi connectivity index (χ2v) is 4.49. The molecule has 0 aliphatic carbocycles. The molecule has 0 bridgehead atoms. The van der Waals surface area contributed by atoms with Crippen molar-refractivity contribution in [2.45, 2.75) is 6.92 Å². The molecule has 0 saturated heterocycles. The summed E-state index contributed by atoms with van der Waals surface area (Å²) in [5.41, 5.74) is 1.47. The van der Waals surface area contributed by atoms with E-state index in [4.69, 9.17) is 4.74 Å². The Balaban J connectivity index is 2.13. The first-order valence-electron chi connectivity index (χ1n) is 6.94. The van der Waals surface area contributed by atoms with Gasteiger partial charge in [0.25, 0.3) is 5.91 Å². The van der Waals surface area contributed by atoms with Gasteiger partial charge in [0.2, 0.25) is 0 Å². The maximum atomic E-state index is 12.1. The number of nitrogens with one attached hydrogen (secondary N) is 1. The molecule has 22 heavy (non-hydrogen) atoms. The lowest BCUT2D eigenvalue weighted by Gasteiger charge is -2.05. The maximum absolute atomic E-state index is 12.1. The molecule has 1 amide bonds. The molecule has 1 N–H and O–H groups in total. The van der Waals surface area contributed by atoms with Crippen LogP contribution < -0.4 is 10.1 Å². The van der Waals surface area contributed by atoms with Gasteiger partial charge in [0.05, 0.1) is 6.61 Å². The van der Waals surface area contributed by atoms with Crippen LogP contribution in [0.3, 0.4) is 0 Å². The average Bonchev–Trinajstić information content (AvgIpc) is 2.55. The summed E-state index contributed by atoms with van der Waals surface area (Å²) in [6.07, 6.45) is 1.55. The van der Waals surface area contributed by atoms with E-state index in [2.05, 4.69) is 5.32 Å². The van der Waals surface area contributed by atoms with Crippen LogP contribution in [0.1, 0.15) is 12.5 Å². The fourth-order valence-electron chi connectivity index (χ4n) is 1.86. The molecule has 0 heterocycles. The zero-order valence-corrected chi connectivity index (χ0v) is 12.2. The molecule has 2 rings (SSSR count). The van der Waals surface area contributed by atoms with Gasteiger partial charge in [0.15, 0.2) is 0 Å². The van der Waals surface area contributed by atoms with E-state index in [-0.39, 0.29) is 5.57 Å². The summed E-state index contributed by atoms with van der Waals surface area (Å²) < 4.78 is 5.35.